The Hall–Kier alpha value is 0.300. The zero-order valence-corrected chi connectivity index (χ0v) is 7.83. The monoisotopic (exact) mass is 219 g/mol. The predicted octanol–water partition coefficient (Wildman–Crippen LogP) is 1.55. The van der Waals surface area contributed by atoms with Gasteiger partial charge < -0.3 is 10.8 Å². The van der Waals surface area contributed by atoms with Crippen LogP contribution in [0.3, 0.4) is 0 Å². The molecule has 0 saturated carbocycles. The second-order valence-electron chi connectivity index (χ2n) is 2.10. The van der Waals surface area contributed by atoms with Crippen LogP contribution >= 0.6 is 34.8 Å². The molecule has 0 aromatic heterocycles. The van der Waals surface area contributed by atoms with Gasteiger partial charge in [-0.05, 0) is 12.8 Å². The van der Waals surface area contributed by atoms with Crippen LogP contribution in [0.25, 0.3) is 0 Å². The topological polar surface area (TPSA) is 63.3 Å². The Morgan fingerprint density at radius 3 is 2.27 bits per heavy atom. The maximum atomic E-state index is 10.2. The number of nitrogens with two attached hydrogens (primary N) is 1. The Morgan fingerprint density at radius 2 is 2.00 bits per heavy atom. The molecule has 0 unspecified atom stereocenters. The second-order valence-corrected chi connectivity index (χ2v) is 4.61. The molecule has 11 heavy (non-hydrogen) atoms. The molecule has 0 amide bonds. The van der Waals surface area contributed by atoms with Gasteiger partial charge in [-0.3, -0.25) is 4.79 Å². The standard InChI is InChI=1S/C5H8Cl3NO2/c6-5(7,8)2-1-3(9)4(10)11/h3H,1-2,9H2,(H,10,11)/t3-/m1/s1. The minimum absolute atomic E-state index is 0.144. The van der Waals surface area contributed by atoms with E-state index in [0.29, 0.717) is 0 Å². The van der Waals surface area contributed by atoms with Crippen LogP contribution in [-0.2, 0) is 4.79 Å². The molecule has 0 aromatic rings. The Morgan fingerprint density at radius 1 is 1.55 bits per heavy atom. The molecule has 6 heteroatoms. The maximum absolute atomic E-state index is 10.2. The molecule has 66 valence electrons. The highest BCUT2D eigenvalue weighted by atomic mass is 35.6. The van der Waals surface area contributed by atoms with E-state index in [-0.39, 0.29) is 12.8 Å². The van der Waals surface area contributed by atoms with E-state index < -0.39 is 15.8 Å². The SMILES string of the molecule is N[C@H](CCC(Cl)(Cl)Cl)C(=O)O. The molecule has 0 rings (SSSR count). The van der Waals surface area contributed by atoms with Gasteiger partial charge in [0.25, 0.3) is 0 Å². The van der Waals surface area contributed by atoms with Crippen LogP contribution in [0.2, 0.25) is 0 Å². The van der Waals surface area contributed by atoms with Crippen molar-refractivity contribution in [2.45, 2.75) is 22.7 Å². The van der Waals surface area contributed by atoms with Crippen molar-refractivity contribution >= 4 is 40.8 Å². The average Bonchev–Trinajstić information content (AvgIpc) is 1.80. The Balaban J connectivity index is 3.63. The van der Waals surface area contributed by atoms with Crippen molar-refractivity contribution in [3.05, 3.63) is 0 Å². The Kier molecular flexibility index (Phi) is 4.48. The molecule has 0 spiro atoms. The number of aliphatic carboxylic acids is 1. The summed E-state index contributed by atoms with van der Waals surface area (Å²) in [5.41, 5.74) is 5.15. The van der Waals surface area contributed by atoms with Crippen molar-refractivity contribution in [2.75, 3.05) is 0 Å². The van der Waals surface area contributed by atoms with Crippen molar-refractivity contribution in [1.29, 1.82) is 0 Å². The van der Waals surface area contributed by atoms with Crippen molar-refractivity contribution in [1.82, 2.24) is 0 Å². The summed E-state index contributed by atoms with van der Waals surface area (Å²) < 4.78 is -1.41. The fraction of sp³-hybridized carbons (Fsp3) is 0.800. The first-order chi connectivity index (χ1) is 4.83. The molecular formula is C5H8Cl3NO2. The molecule has 1 atom stereocenters. The van der Waals surface area contributed by atoms with E-state index in [1.54, 1.807) is 0 Å². The van der Waals surface area contributed by atoms with E-state index in [9.17, 15) is 4.79 Å². The Bertz CT molecular complexity index is 145. The first kappa shape index (κ1) is 11.3. The third-order valence-corrected chi connectivity index (χ3v) is 1.62. The van der Waals surface area contributed by atoms with E-state index in [1.807, 2.05) is 0 Å². The fourth-order valence-corrected chi connectivity index (χ4v) is 0.770. The van der Waals surface area contributed by atoms with Crippen molar-refractivity contribution in [3.63, 3.8) is 0 Å². The number of rotatable bonds is 3. The lowest BCUT2D eigenvalue weighted by Gasteiger charge is -2.11. The quantitative estimate of drug-likeness (QED) is 0.709. The van der Waals surface area contributed by atoms with Crippen LogP contribution in [-0.4, -0.2) is 20.9 Å². The maximum Gasteiger partial charge on any atom is 0.320 e. The second kappa shape index (κ2) is 4.36. The molecular weight excluding hydrogens is 212 g/mol. The third-order valence-electron chi connectivity index (χ3n) is 1.06. The molecule has 0 aliphatic rings. The van der Waals surface area contributed by atoms with E-state index in [0.717, 1.165) is 0 Å². The lowest BCUT2D eigenvalue weighted by molar-refractivity contribution is -0.138. The number of halogens is 3. The highest BCUT2D eigenvalue weighted by molar-refractivity contribution is 6.67. The molecule has 0 saturated heterocycles. The van der Waals surface area contributed by atoms with E-state index >= 15 is 0 Å². The number of hydrogen-bond acceptors (Lipinski definition) is 2. The zero-order valence-electron chi connectivity index (χ0n) is 5.56. The predicted molar refractivity (Wildman–Crippen MR) is 45.1 cm³/mol. The van der Waals surface area contributed by atoms with Gasteiger partial charge in [-0.2, -0.15) is 0 Å². The fourth-order valence-electron chi connectivity index (χ4n) is 0.443. The number of hydrogen-bond donors (Lipinski definition) is 2. The summed E-state index contributed by atoms with van der Waals surface area (Å²) in [6.45, 7) is 0. The summed E-state index contributed by atoms with van der Waals surface area (Å²) in [5, 5.41) is 8.32. The zero-order chi connectivity index (χ0) is 9.07. The Labute approximate surface area is 79.4 Å². The average molecular weight is 220 g/mol. The molecule has 0 heterocycles. The van der Waals surface area contributed by atoms with E-state index in [2.05, 4.69) is 0 Å². The van der Waals surface area contributed by atoms with Gasteiger partial charge in [-0.25, -0.2) is 0 Å². The van der Waals surface area contributed by atoms with E-state index in [4.69, 9.17) is 45.6 Å². The lowest BCUT2D eigenvalue weighted by Crippen LogP contribution is -2.31. The number of carboxylic acids is 1. The largest absolute Gasteiger partial charge is 0.480 e. The van der Waals surface area contributed by atoms with Gasteiger partial charge >= 0.3 is 5.97 Å². The van der Waals surface area contributed by atoms with Crippen LogP contribution in [0.4, 0.5) is 0 Å². The van der Waals surface area contributed by atoms with Crippen molar-refractivity contribution in [2.24, 2.45) is 5.73 Å². The number of carbonyl (C=O) groups is 1. The smallest absolute Gasteiger partial charge is 0.320 e. The summed E-state index contributed by atoms with van der Waals surface area (Å²) in [7, 11) is 0. The molecule has 0 aliphatic carbocycles. The molecule has 0 aromatic carbocycles. The minimum Gasteiger partial charge on any atom is -0.480 e. The number of carboxylic acid groups (broad SMARTS) is 1. The molecule has 3 nitrogen and oxygen atoms in total. The van der Waals surface area contributed by atoms with Gasteiger partial charge in [-0.15, -0.1) is 0 Å². The highest BCUT2D eigenvalue weighted by Crippen LogP contribution is 2.31. The molecule has 0 fully saturated rings. The van der Waals surface area contributed by atoms with Crippen LogP contribution in [0.15, 0.2) is 0 Å². The summed E-state index contributed by atoms with van der Waals surface area (Å²) in [4.78, 5) is 10.2. The highest BCUT2D eigenvalue weighted by Gasteiger charge is 2.22. The first-order valence-electron chi connectivity index (χ1n) is 2.88. The van der Waals surface area contributed by atoms with Gasteiger partial charge in [-0.1, -0.05) is 34.8 Å². The van der Waals surface area contributed by atoms with Crippen LogP contribution in [0.1, 0.15) is 12.8 Å². The summed E-state index contributed by atoms with van der Waals surface area (Å²) in [5.74, 6) is -1.08. The summed E-state index contributed by atoms with van der Waals surface area (Å²) in [6, 6.07) is -0.953. The number of alkyl halides is 3. The van der Waals surface area contributed by atoms with Gasteiger partial charge in [0, 0.05) is 0 Å². The first-order valence-corrected chi connectivity index (χ1v) is 4.01. The van der Waals surface area contributed by atoms with Gasteiger partial charge in [0.15, 0.2) is 3.79 Å². The third kappa shape index (κ3) is 6.69. The van der Waals surface area contributed by atoms with Crippen molar-refractivity contribution in [3.8, 4) is 0 Å². The lowest BCUT2D eigenvalue weighted by atomic mass is 10.2. The summed E-state index contributed by atoms with van der Waals surface area (Å²) >= 11 is 16.1. The van der Waals surface area contributed by atoms with Crippen LogP contribution in [0.5, 0.6) is 0 Å². The molecule has 0 bridgehead atoms. The van der Waals surface area contributed by atoms with E-state index in [1.165, 1.54) is 0 Å². The van der Waals surface area contributed by atoms with Crippen molar-refractivity contribution < 1.29 is 9.90 Å². The van der Waals surface area contributed by atoms with Gasteiger partial charge in [0.05, 0.1) is 0 Å². The molecule has 0 radical (unpaired) electrons. The minimum atomic E-state index is -1.41. The molecule has 0 aliphatic heterocycles. The van der Waals surface area contributed by atoms with Crippen LogP contribution in [0, 0.1) is 0 Å². The van der Waals surface area contributed by atoms with Gasteiger partial charge in [0.1, 0.15) is 6.04 Å². The van der Waals surface area contributed by atoms with Gasteiger partial charge in [0.2, 0.25) is 0 Å². The molecule has 3 N–H and O–H groups in total. The summed E-state index contributed by atoms with van der Waals surface area (Å²) in [6.07, 6.45) is 0.303. The van der Waals surface area contributed by atoms with Crippen LogP contribution < -0.4 is 5.73 Å². The normalized spacial score (nSPS) is 14.5.